The normalized spacial score (nSPS) is 11.0. The first-order valence-corrected chi connectivity index (χ1v) is 7.38. The molecule has 0 radical (unpaired) electrons. The van der Waals surface area contributed by atoms with Crippen molar-refractivity contribution in [1.82, 2.24) is 14.8 Å². The molecule has 2 aromatic heterocycles. The second-order valence-corrected chi connectivity index (χ2v) is 5.33. The van der Waals surface area contributed by atoms with E-state index in [0.29, 0.717) is 5.52 Å². The van der Waals surface area contributed by atoms with Crippen molar-refractivity contribution in [2.75, 3.05) is 14.2 Å². The monoisotopic (exact) mass is 313 g/mol. The lowest BCUT2D eigenvalue weighted by Crippen LogP contribution is -2.16. The molecule has 3 aromatic rings. The second kappa shape index (κ2) is 5.79. The van der Waals surface area contributed by atoms with Gasteiger partial charge in [0.15, 0.2) is 0 Å². The lowest BCUT2D eigenvalue weighted by Gasteiger charge is -2.15. The molecule has 0 saturated heterocycles. The maximum Gasteiger partial charge on any atom is 0.276 e. The van der Waals surface area contributed by atoms with E-state index in [-0.39, 0.29) is 5.56 Å². The number of nitrogens with zero attached hydrogens (tertiary/aromatic N) is 2. The summed E-state index contributed by atoms with van der Waals surface area (Å²) < 4.78 is 12.6. The van der Waals surface area contributed by atoms with Crippen LogP contribution in [0.25, 0.3) is 22.0 Å². The van der Waals surface area contributed by atoms with Crippen molar-refractivity contribution in [2.24, 2.45) is 7.05 Å². The van der Waals surface area contributed by atoms with E-state index < -0.39 is 0 Å². The summed E-state index contributed by atoms with van der Waals surface area (Å²) in [5.41, 5.74) is 3.22. The molecule has 0 atom stereocenters. The smallest absolute Gasteiger partial charge is 0.276 e. The van der Waals surface area contributed by atoms with Gasteiger partial charge in [0.2, 0.25) is 0 Å². The van der Waals surface area contributed by atoms with E-state index in [1.807, 2.05) is 12.1 Å². The molecule has 1 N–H and O–H groups in total. The minimum Gasteiger partial charge on any atom is -0.496 e. The van der Waals surface area contributed by atoms with E-state index in [4.69, 9.17) is 9.47 Å². The lowest BCUT2D eigenvalue weighted by atomic mass is 10.00. The first kappa shape index (κ1) is 15.1. The molecule has 23 heavy (non-hydrogen) atoms. The molecule has 0 saturated carbocycles. The molecule has 0 aliphatic carbocycles. The number of H-pyrrole nitrogens is 1. The summed E-state index contributed by atoms with van der Waals surface area (Å²) in [6.45, 7) is 2.06. The van der Waals surface area contributed by atoms with Gasteiger partial charge in [-0.2, -0.15) is 5.10 Å². The summed E-state index contributed by atoms with van der Waals surface area (Å²) in [6.07, 6.45) is 4.28. The van der Waals surface area contributed by atoms with Gasteiger partial charge in [-0.1, -0.05) is 6.92 Å². The maximum absolute atomic E-state index is 12.2. The summed E-state index contributed by atoms with van der Waals surface area (Å²) in [6, 6.07) is 3.93. The van der Waals surface area contributed by atoms with Crippen LogP contribution in [0.2, 0.25) is 0 Å². The number of benzene rings is 1. The Morgan fingerprint density at radius 2 is 1.87 bits per heavy atom. The van der Waals surface area contributed by atoms with Crippen molar-refractivity contribution in [3.8, 4) is 22.6 Å². The Hall–Kier alpha value is -2.76. The minimum absolute atomic E-state index is 0.106. The number of hydrogen-bond acceptors (Lipinski definition) is 4. The van der Waals surface area contributed by atoms with Crippen LogP contribution >= 0.6 is 0 Å². The zero-order valence-electron chi connectivity index (χ0n) is 13.6. The van der Waals surface area contributed by atoms with Gasteiger partial charge < -0.3 is 14.0 Å². The maximum atomic E-state index is 12.2. The highest BCUT2D eigenvalue weighted by Gasteiger charge is 2.16. The van der Waals surface area contributed by atoms with Crippen LogP contribution in [0.1, 0.15) is 12.5 Å². The van der Waals surface area contributed by atoms with E-state index in [1.165, 1.54) is 0 Å². The van der Waals surface area contributed by atoms with Crippen molar-refractivity contribution < 1.29 is 9.47 Å². The number of aromatic nitrogens is 3. The predicted molar refractivity (Wildman–Crippen MR) is 89.3 cm³/mol. The molecular weight excluding hydrogens is 294 g/mol. The Kier molecular flexibility index (Phi) is 3.82. The Bertz CT molecular complexity index is 899. The topological polar surface area (TPSA) is 69.1 Å². The highest BCUT2D eigenvalue weighted by molar-refractivity contribution is 5.94. The van der Waals surface area contributed by atoms with Crippen LogP contribution in [0.15, 0.2) is 29.3 Å². The summed E-state index contributed by atoms with van der Waals surface area (Å²) in [5.74, 6) is 1.54. The van der Waals surface area contributed by atoms with Gasteiger partial charge in [-0.3, -0.25) is 9.89 Å². The van der Waals surface area contributed by atoms with Crippen molar-refractivity contribution in [1.29, 1.82) is 0 Å². The fourth-order valence-electron chi connectivity index (χ4n) is 2.87. The number of hydrogen-bond donors (Lipinski definition) is 1. The van der Waals surface area contributed by atoms with Crippen LogP contribution in [0.3, 0.4) is 0 Å². The van der Waals surface area contributed by atoms with Gasteiger partial charge in [-0.05, 0) is 24.1 Å². The molecule has 2 heterocycles. The van der Waals surface area contributed by atoms with E-state index >= 15 is 0 Å². The summed E-state index contributed by atoms with van der Waals surface area (Å²) in [4.78, 5) is 12.2. The first-order chi connectivity index (χ1) is 11.1. The molecule has 0 amide bonds. The van der Waals surface area contributed by atoms with Crippen LogP contribution < -0.4 is 15.0 Å². The number of nitrogens with one attached hydrogen (secondary N) is 1. The van der Waals surface area contributed by atoms with Gasteiger partial charge >= 0.3 is 0 Å². The molecule has 6 nitrogen and oxygen atoms in total. The molecule has 6 heteroatoms. The zero-order chi connectivity index (χ0) is 16.6. The average molecular weight is 313 g/mol. The Balaban J connectivity index is 2.33. The first-order valence-electron chi connectivity index (χ1n) is 7.38. The molecule has 0 aliphatic rings. The zero-order valence-corrected chi connectivity index (χ0v) is 13.6. The predicted octanol–water partition coefficient (Wildman–Crippen LogP) is 2.51. The third-order valence-electron chi connectivity index (χ3n) is 4.06. The van der Waals surface area contributed by atoms with Crippen LogP contribution in [-0.2, 0) is 13.5 Å². The van der Waals surface area contributed by atoms with Crippen molar-refractivity contribution in [2.45, 2.75) is 13.3 Å². The molecule has 0 aliphatic heterocycles. The fourth-order valence-corrected chi connectivity index (χ4v) is 2.87. The largest absolute Gasteiger partial charge is 0.496 e. The van der Waals surface area contributed by atoms with Crippen molar-refractivity contribution in [3.05, 3.63) is 40.4 Å². The summed E-state index contributed by atoms with van der Waals surface area (Å²) in [5, 5.41) is 7.56. The van der Waals surface area contributed by atoms with E-state index in [2.05, 4.69) is 17.1 Å². The number of fused-ring (bicyclic) bond motifs is 1. The van der Waals surface area contributed by atoms with Crippen LogP contribution in [-0.4, -0.2) is 29.0 Å². The number of pyridine rings is 1. The standard InChI is InChI=1S/C17H19N3O3/c1-5-11-14(22-3)6-10(7-15(11)23-4)13-9-20(2)17(21)16-12(13)8-18-19-16/h6-9H,5H2,1-4H3,(H,18,19). The van der Waals surface area contributed by atoms with E-state index in [9.17, 15) is 4.79 Å². The van der Waals surface area contributed by atoms with Gasteiger partial charge in [-0.25, -0.2) is 0 Å². The number of ether oxygens (including phenoxy) is 2. The Morgan fingerprint density at radius 1 is 1.22 bits per heavy atom. The van der Waals surface area contributed by atoms with Crippen LogP contribution in [0.4, 0.5) is 0 Å². The van der Waals surface area contributed by atoms with Crippen LogP contribution in [0, 0.1) is 0 Å². The highest BCUT2D eigenvalue weighted by atomic mass is 16.5. The molecule has 120 valence electrons. The molecule has 0 fully saturated rings. The Labute approximate surface area is 133 Å². The third kappa shape index (κ3) is 2.36. The van der Waals surface area contributed by atoms with Gasteiger partial charge in [-0.15, -0.1) is 0 Å². The van der Waals surface area contributed by atoms with Gasteiger partial charge in [0.05, 0.1) is 20.4 Å². The molecule has 0 spiro atoms. The molecule has 3 rings (SSSR count). The highest BCUT2D eigenvalue weighted by Crippen LogP contribution is 2.37. The van der Waals surface area contributed by atoms with E-state index in [1.54, 1.807) is 38.2 Å². The summed E-state index contributed by atoms with van der Waals surface area (Å²) in [7, 11) is 5.01. The quantitative estimate of drug-likeness (QED) is 0.803. The number of methoxy groups -OCH3 is 2. The van der Waals surface area contributed by atoms with Gasteiger partial charge in [0.25, 0.3) is 5.56 Å². The Morgan fingerprint density at radius 3 is 2.43 bits per heavy atom. The third-order valence-corrected chi connectivity index (χ3v) is 4.06. The SMILES string of the molecule is CCc1c(OC)cc(-c2cn(C)c(=O)c3[nH]ncc23)cc1OC. The summed E-state index contributed by atoms with van der Waals surface area (Å²) >= 11 is 0. The van der Waals surface area contributed by atoms with E-state index in [0.717, 1.165) is 40.0 Å². The molecule has 0 bridgehead atoms. The average Bonchev–Trinajstić information content (AvgIpc) is 3.06. The number of aromatic amines is 1. The fraction of sp³-hybridized carbons (Fsp3) is 0.294. The lowest BCUT2D eigenvalue weighted by molar-refractivity contribution is 0.386. The number of aryl methyl sites for hydroxylation is 1. The van der Waals surface area contributed by atoms with Crippen molar-refractivity contribution in [3.63, 3.8) is 0 Å². The van der Waals surface area contributed by atoms with Crippen molar-refractivity contribution >= 4 is 10.9 Å². The van der Waals surface area contributed by atoms with Gasteiger partial charge in [0.1, 0.15) is 17.0 Å². The molecule has 0 unspecified atom stereocenters. The molecule has 1 aromatic carbocycles. The second-order valence-electron chi connectivity index (χ2n) is 5.33. The van der Waals surface area contributed by atoms with Gasteiger partial charge in [0, 0.05) is 29.8 Å². The molecular formula is C17H19N3O3. The number of rotatable bonds is 4. The minimum atomic E-state index is -0.106. The van der Waals surface area contributed by atoms with Crippen LogP contribution in [0.5, 0.6) is 11.5 Å².